The second-order valence-corrected chi connectivity index (χ2v) is 5.17. The van der Waals surface area contributed by atoms with Crippen molar-refractivity contribution in [3.8, 4) is 0 Å². The van der Waals surface area contributed by atoms with E-state index in [1.54, 1.807) is 0 Å². The maximum Gasteiger partial charge on any atom is 0.315 e. The summed E-state index contributed by atoms with van der Waals surface area (Å²) in [5.41, 5.74) is 0. The Morgan fingerprint density at radius 3 is 2.76 bits per heavy atom. The van der Waals surface area contributed by atoms with Gasteiger partial charge in [0.15, 0.2) is 0 Å². The Labute approximate surface area is 101 Å². The summed E-state index contributed by atoms with van der Waals surface area (Å²) in [7, 11) is 0. The Kier molecular flexibility index (Phi) is 3.27. The second-order valence-electron chi connectivity index (χ2n) is 5.17. The molecule has 17 heavy (non-hydrogen) atoms. The second kappa shape index (κ2) is 5.04. The zero-order valence-electron chi connectivity index (χ0n) is 10.1. The van der Waals surface area contributed by atoms with Crippen LogP contribution < -0.4 is 10.6 Å². The molecule has 0 aromatic carbocycles. The van der Waals surface area contributed by atoms with Gasteiger partial charge in [-0.2, -0.15) is 0 Å². The van der Waals surface area contributed by atoms with Gasteiger partial charge in [0.05, 0.1) is 6.54 Å². The molecule has 2 aliphatic rings. The molecule has 1 aromatic heterocycles. The summed E-state index contributed by atoms with van der Waals surface area (Å²) in [6.45, 7) is 1.64. The number of rotatable bonds is 7. The quantitative estimate of drug-likeness (QED) is 0.757. The van der Waals surface area contributed by atoms with Gasteiger partial charge >= 0.3 is 6.01 Å². The Morgan fingerprint density at radius 1 is 1.18 bits per heavy atom. The van der Waals surface area contributed by atoms with E-state index in [9.17, 15) is 0 Å². The zero-order chi connectivity index (χ0) is 11.5. The summed E-state index contributed by atoms with van der Waals surface area (Å²) in [6.07, 6.45) is 7.96. The standard InChI is InChI=1S/C12H20N4O/c1-2-9(3-1)6-7-13-12-16-15-11(17-12)8-14-10-4-5-10/h9-10,14H,1-8H2,(H,13,16). The van der Waals surface area contributed by atoms with Gasteiger partial charge in [-0.15, -0.1) is 5.10 Å². The van der Waals surface area contributed by atoms with E-state index in [0.29, 0.717) is 24.5 Å². The van der Waals surface area contributed by atoms with Crippen molar-refractivity contribution in [1.29, 1.82) is 0 Å². The minimum Gasteiger partial charge on any atom is -0.407 e. The summed E-state index contributed by atoms with van der Waals surface area (Å²) in [4.78, 5) is 0. The molecule has 1 heterocycles. The molecule has 0 atom stereocenters. The molecule has 2 aliphatic carbocycles. The number of nitrogens with one attached hydrogen (secondary N) is 2. The van der Waals surface area contributed by atoms with E-state index in [4.69, 9.17) is 4.42 Å². The molecule has 0 unspecified atom stereocenters. The SMILES string of the molecule is C1CC(CCNc2nnc(CNC3CC3)o2)C1. The number of anilines is 1. The van der Waals surface area contributed by atoms with Crippen LogP contribution in [-0.4, -0.2) is 22.8 Å². The monoisotopic (exact) mass is 236 g/mol. The van der Waals surface area contributed by atoms with Crippen LogP contribution in [0.15, 0.2) is 4.42 Å². The predicted octanol–water partition coefficient (Wildman–Crippen LogP) is 1.92. The first-order valence-electron chi connectivity index (χ1n) is 6.70. The molecule has 0 spiro atoms. The van der Waals surface area contributed by atoms with Crippen LogP contribution in [0.25, 0.3) is 0 Å². The molecular formula is C12H20N4O. The predicted molar refractivity (Wildman–Crippen MR) is 64.6 cm³/mol. The van der Waals surface area contributed by atoms with Gasteiger partial charge in [0.2, 0.25) is 5.89 Å². The molecular weight excluding hydrogens is 216 g/mol. The van der Waals surface area contributed by atoms with Crippen molar-refractivity contribution in [2.24, 2.45) is 5.92 Å². The maximum atomic E-state index is 5.50. The van der Waals surface area contributed by atoms with Gasteiger partial charge in [-0.1, -0.05) is 24.4 Å². The van der Waals surface area contributed by atoms with Crippen molar-refractivity contribution in [3.63, 3.8) is 0 Å². The molecule has 5 nitrogen and oxygen atoms in total. The third-order valence-electron chi connectivity index (χ3n) is 3.64. The topological polar surface area (TPSA) is 63.0 Å². The average Bonchev–Trinajstić information content (AvgIpc) is 2.99. The van der Waals surface area contributed by atoms with E-state index >= 15 is 0 Å². The molecule has 2 N–H and O–H groups in total. The fraction of sp³-hybridized carbons (Fsp3) is 0.833. The van der Waals surface area contributed by atoms with Gasteiger partial charge in [-0.3, -0.25) is 0 Å². The van der Waals surface area contributed by atoms with E-state index in [-0.39, 0.29) is 0 Å². The lowest BCUT2D eigenvalue weighted by Crippen LogP contribution is -2.15. The van der Waals surface area contributed by atoms with Crippen LogP contribution in [0.3, 0.4) is 0 Å². The molecule has 0 amide bonds. The smallest absolute Gasteiger partial charge is 0.315 e. The lowest BCUT2D eigenvalue weighted by molar-refractivity contribution is 0.302. The van der Waals surface area contributed by atoms with Crippen molar-refractivity contribution in [3.05, 3.63) is 5.89 Å². The molecule has 2 fully saturated rings. The van der Waals surface area contributed by atoms with Gasteiger partial charge in [-0.05, 0) is 25.2 Å². The molecule has 3 rings (SSSR count). The minimum atomic E-state index is 0.567. The molecule has 0 radical (unpaired) electrons. The van der Waals surface area contributed by atoms with Gasteiger partial charge in [-0.25, -0.2) is 0 Å². The van der Waals surface area contributed by atoms with E-state index in [1.807, 2.05) is 0 Å². The van der Waals surface area contributed by atoms with Crippen LogP contribution in [0, 0.1) is 5.92 Å². The molecule has 0 saturated heterocycles. The summed E-state index contributed by atoms with van der Waals surface area (Å²) in [6, 6.07) is 1.24. The highest BCUT2D eigenvalue weighted by Crippen LogP contribution is 2.29. The minimum absolute atomic E-state index is 0.567. The first-order chi connectivity index (χ1) is 8.40. The molecule has 94 valence electrons. The largest absolute Gasteiger partial charge is 0.407 e. The van der Waals surface area contributed by atoms with Crippen LogP contribution in [0.4, 0.5) is 6.01 Å². The lowest BCUT2D eigenvalue weighted by atomic mass is 9.83. The van der Waals surface area contributed by atoms with Crippen LogP contribution >= 0.6 is 0 Å². The highest BCUT2D eigenvalue weighted by molar-refractivity contribution is 5.16. The molecule has 1 aromatic rings. The Morgan fingerprint density at radius 2 is 2.06 bits per heavy atom. The van der Waals surface area contributed by atoms with Crippen LogP contribution in [0.2, 0.25) is 0 Å². The third kappa shape index (κ3) is 3.19. The average molecular weight is 236 g/mol. The van der Waals surface area contributed by atoms with Gasteiger partial charge < -0.3 is 15.1 Å². The Balaban J connectivity index is 1.36. The lowest BCUT2D eigenvalue weighted by Gasteiger charge is -2.24. The summed E-state index contributed by atoms with van der Waals surface area (Å²) < 4.78 is 5.50. The van der Waals surface area contributed by atoms with E-state index < -0.39 is 0 Å². The first kappa shape index (κ1) is 11.0. The van der Waals surface area contributed by atoms with Gasteiger partial charge in [0, 0.05) is 12.6 Å². The van der Waals surface area contributed by atoms with E-state index in [1.165, 1.54) is 38.5 Å². The normalized spacial score (nSPS) is 20.2. The van der Waals surface area contributed by atoms with Crippen molar-refractivity contribution in [2.75, 3.05) is 11.9 Å². The summed E-state index contributed by atoms with van der Waals surface area (Å²) in [5.74, 6) is 1.60. The van der Waals surface area contributed by atoms with Gasteiger partial charge in [0.25, 0.3) is 0 Å². The third-order valence-corrected chi connectivity index (χ3v) is 3.64. The summed E-state index contributed by atoms with van der Waals surface area (Å²) in [5, 5.41) is 14.5. The number of nitrogens with zero attached hydrogens (tertiary/aromatic N) is 2. The summed E-state index contributed by atoms with van der Waals surface area (Å²) >= 11 is 0. The van der Waals surface area contributed by atoms with Crippen molar-refractivity contribution < 1.29 is 4.42 Å². The van der Waals surface area contributed by atoms with E-state index in [2.05, 4.69) is 20.8 Å². The van der Waals surface area contributed by atoms with E-state index in [0.717, 1.165) is 12.5 Å². The van der Waals surface area contributed by atoms with Crippen LogP contribution in [0.1, 0.15) is 44.4 Å². The van der Waals surface area contributed by atoms with Crippen molar-refractivity contribution in [2.45, 2.75) is 51.1 Å². The Hall–Kier alpha value is -1.10. The number of hydrogen-bond acceptors (Lipinski definition) is 5. The van der Waals surface area contributed by atoms with Crippen molar-refractivity contribution >= 4 is 6.01 Å². The Bertz CT molecular complexity index is 357. The maximum absolute atomic E-state index is 5.50. The van der Waals surface area contributed by atoms with Crippen LogP contribution in [0.5, 0.6) is 0 Å². The fourth-order valence-electron chi connectivity index (χ4n) is 2.08. The highest BCUT2D eigenvalue weighted by Gasteiger charge is 2.21. The molecule has 2 saturated carbocycles. The molecule has 0 bridgehead atoms. The molecule has 0 aliphatic heterocycles. The van der Waals surface area contributed by atoms with Crippen LogP contribution in [-0.2, 0) is 6.54 Å². The zero-order valence-corrected chi connectivity index (χ0v) is 10.1. The van der Waals surface area contributed by atoms with Gasteiger partial charge in [0.1, 0.15) is 0 Å². The fourth-order valence-corrected chi connectivity index (χ4v) is 2.08. The molecule has 5 heteroatoms. The number of hydrogen-bond donors (Lipinski definition) is 2. The first-order valence-corrected chi connectivity index (χ1v) is 6.70. The highest BCUT2D eigenvalue weighted by atomic mass is 16.4. The number of aromatic nitrogens is 2. The van der Waals surface area contributed by atoms with Crippen molar-refractivity contribution in [1.82, 2.24) is 15.5 Å².